The number of piperidine rings is 1. The Balaban J connectivity index is 1.60. The van der Waals surface area contributed by atoms with E-state index < -0.39 is 5.54 Å². The Bertz CT molecular complexity index is 591. The smallest absolute Gasteiger partial charge is 0.240 e. The first kappa shape index (κ1) is 18.2. The molecule has 0 bridgehead atoms. The molecule has 2 aliphatic heterocycles. The Kier molecular flexibility index (Phi) is 5.97. The first-order valence-electron chi connectivity index (χ1n) is 9.40. The number of hydrogen-bond donors (Lipinski definition) is 2. The van der Waals surface area contributed by atoms with Gasteiger partial charge >= 0.3 is 0 Å². The molecule has 1 aromatic carbocycles. The van der Waals surface area contributed by atoms with E-state index in [0.717, 1.165) is 62.3 Å². The first-order chi connectivity index (χ1) is 12.1. The van der Waals surface area contributed by atoms with Crippen LogP contribution in [0.4, 0.5) is 0 Å². The Morgan fingerprint density at radius 3 is 3.04 bits per heavy atom. The third-order valence-electron chi connectivity index (χ3n) is 5.28. The number of carbonyl (C=O) groups excluding carboxylic acids is 1. The summed E-state index contributed by atoms with van der Waals surface area (Å²) in [5.74, 6) is 1.41. The molecule has 2 atom stereocenters. The van der Waals surface area contributed by atoms with Crippen LogP contribution in [-0.2, 0) is 16.1 Å². The fraction of sp³-hybridized carbons (Fsp3) is 0.650. The van der Waals surface area contributed by atoms with Crippen molar-refractivity contribution in [3.8, 4) is 5.75 Å². The first-order valence-corrected chi connectivity index (χ1v) is 9.40. The van der Waals surface area contributed by atoms with Gasteiger partial charge in [0.15, 0.2) is 0 Å². The molecule has 2 N–H and O–H groups in total. The summed E-state index contributed by atoms with van der Waals surface area (Å²) < 4.78 is 11.5. The minimum atomic E-state index is -0.453. The number of carbonyl (C=O) groups is 1. The van der Waals surface area contributed by atoms with Gasteiger partial charge in [-0.25, -0.2) is 0 Å². The number of ether oxygens (including phenoxy) is 2. The molecule has 5 nitrogen and oxygen atoms in total. The summed E-state index contributed by atoms with van der Waals surface area (Å²) in [7, 11) is 0. The molecule has 5 heteroatoms. The van der Waals surface area contributed by atoms with Gasteiger partial charge in [-0.2, -0.15) is 0 Å². The SMILES string of the molecule is Cc1ccc(CNC(=O)C2(C)CCCCN2)c(OCC2CCOC2)c1. The highest BCUT2D eigenvalue weighted by atomic mass is 16.5. The van der Waals surface area contributed by atoms with Crippen LogP contribution in [-0.4, -0.2) is 37.8 Å². The third kappa shape index (κ3) is 4.73. The summed E-state index contributed by atoms with van der Waals surface area (Å²) in [6, 6.07) is 6.16. The zero-order valence-corrected chi connectivity index (χ0v) is 15.4. The van der Waals surface area contributed by atoms with Gasteiger partial charge in [-0.05, 0) is 57.7 Å². The topological polar surface area (TPSA) is 59.6 Å². The minimum Gasteiger partial charge on any atom is -0.493 e. The molecule has 2 fully saturated rings. The maximum absolute atomic E-state index is 12.6. The molecular formula is C20H30N2O3. The third-order valence-corrected chi connectivity index (χ3v) is 5.28. The lowest BCUT2D eigenvalue weighted by Gasteiger charge is -2.33. The summed E-state index contributed by atoms with van der Waals surface area (Å²) in [5, 5.41) is 6.45. The summed E-state index contributed by atoms with van der Waals surface area (Å²) in [6.07, 6.45) is 4.18. The van der Waals surface area contributed by atoms with Gasteiger partial charge in [0.25, 0.3) is 0 Å². The molecule has 2 aliphatic rings. The molecule has 0 saturated carbocycles. The van der Waals surface area contributed by atoms with Crippen LogP contribution < -0.4 is 15.4 Å². The Labute approximate surface area is 150 Å². The van der Waals surface area contributed by atoms with Crippen LogP contribution in [0.2, 0.25) is 0 Å². The Morgan fingerprint density at radius 1 is 1.44 bits per heavy atom. The lowest BCUT2D eigenvalue weighted by atomic mass is 9.90. The van der Waals surface area contributed by atoms with Crippen molar-refractivity contribution in [1.82, 2.24) is 10.6 Å². The van der Waals surface area contributed by atoms with Gasteiger partial charge in [0, 0.05) is 24.6 Å². The summed E-state index contributed by atoms with van der Waals surface area (Å²) in [4.78, 5) is 12.6. The van der Waals surface area contributed by atoms with Crippen LogP contribution in [0, 0.1) is 12.8 Å². The fourth-order valence-electron chi connectivity index (χ4n) is 3.49. The highest BCUT2D eigenvalue weighted by molar-refractivity contribution is 5.86. The summed E-state index contributed by atoms with van der Waals surface area (Å²) in [5.41, 5.74) is 1.73. The number of amides is 1. The second-order valence-corrected chi connectivity index (χ2v) is 7.55. The molecule has 3 rings (SSSR count). The van der Waals surface area contributed by atoms with Gasteiger partial charge in [0.05, 0.1) is 18.8 Å². The number of aryl methyl sites for hydroxylation is 1. The van der Waals surface area contributed by atoms with E-state index in [1.54, 1.807) is 0 Å². The average molecular weight is 346 g/mol. The van der Waals surface area contributed by atoms with Gasteiger partial charge in [0.1, 0.15) is 5.75 Å². The second kappa shape index (κ2) is 8.19. The van der Waals surface area contributed by atoms with Crippen LogP contribution in [0.1, 0.15) is 43.7 Å². The molecule has 0 radical (unpaired) electrons. The van der Waals surface area contributed by atoms with Crippen molar-refractivity contribution in [2.24, 2.45) is 5.92 Å². The van der Waals surface area contributed by atoms with Gasteiger partial charge in [-0.3, -0.25) is 4.79 Å². The van der Waals surface area contributed by atoms with Crippen molar-refractivity contribution in [3.63, 3.8) is 0 Å². The van der Waals surface area contributed by atoms with E-state index >= 15 is 0 Å². The van der Waals surface area contributed by atoms with E-state index in [4.69, 9.17) is 9.47 Å². The van der Waals surface area contributed by atoms with Crippen molar-refractivity contribution in [2.75, 3.05) is 26.4 Å². The number of benzene rings is 1. The zero-order chi connectivity index (χ0) is 17.7. The standard InChI is InChI=1S/C20H30N2O3/c1-15-5-6-17(18(11-15)25-14-16-7-10-24-13-16)12-21-19(23)20(2)8-3-4-9-22-20/h5-6,11,16,22H,3-4,7-10,12-14H2,1-2H3,(H,21,23). The van der Waals surface area contributed by atoms with E-state index in [1.165, 1.54) is 0 Å². The van der Waals surface area contributed by atoms with Crippen LogP contribution in [0.15, 0.2) is 18.2 Å². The quantitative estimate of drug-likeness (QED) is 0.831. The van der Waals surface area contributed by atoms with E-state index in [0.29, 0.717) is 19.1 Å². The Hall–Kier alpha value is -1.59. The van der Waals surface area contributed by atoms with E-state index in [9.17, 15) is 4.79 Å². The van der Waals surface area contributed by atoms with Gasteiger partial charge < -0.3 is 20.1 Å². The largest absolute Gasteiger partial charge is 0.493 e. The van der Waals surface area contributed by atoms with Crippen molar-refractivity contribution in [3.05, 3.63) is 29.3 Å². The normalized spacial score (nSPS) is 26.4. The maximum Gasteiger partial charge on any atom is 0.240 e. The fourth-order valence-corrected chi connectivity index (χ4v) is 3.49. The van der Waals surface area contributed by atoms with Gasteiger partial charge in [-0.1, -0.05) is 12.1 Å². The molecule has 138 valence electrons. The molecule has 0 aliphatic carbocycles. The van der Waals surface area contributed by atoms with E-state index in [1.807, 2.05) is 13.0 Å². The predicted octanol–water partition coefficient (Wildman–Crippen LogP) is 2.56. The predicted molar refractivity (Wildman–Crippen MR) is 97.7 cm³/mol. The molecule has 25 heavy (non-hydrogen) atoms. The highest BCUT2D eigenvalue weighted by Crippen LogP contribution is 2.24. The molecule has 2 saturated heterocycles. The molecule has 0 aromatic heterocycles. The number of rotatable bonds is 6. The van der Waals surface area contributed by atoms with Gasteiger partial charge in [0.2, 0.25) is 5.91 Å². The molecule has 1 aromatic rings. The number of hydrogen-bond acceptors (Lipinski definition) is 4. The lowest BCUT2D eigenvalue weighted by molar-refractivity contribution is -0.128. The summed E-state index contributed by atoms with van der Waals surface area (Å²) in [6.45, 7) is 7.73. The van der Waals surface area contributed by atoms with Crippen molar-refractivity contribution < 1.29 is 14.3 Å². The van der Waals surface area contributed by atoms with Crippen molar-refractivity contribution in [1.29, 1.82) is 0 Å². The minimum absolute atomic E-state index is 0.0721. The van der Waals surface area contributed by atoms with Crippen LogP contribution in [0.3, 0.4) is 0 Å². The monoisotopic (exact) mass is 346 g/mol. The van der Waals surface area contributed by atoms with Gasteiger partial charge in [-0.15, -0.1) is 0 Å². The maximum atomic E-state index is 12.6. The molecule has 2 heterocycles. The Morgan fingerprint density at radius 2 is 2.32 bits per heavy atom. The van der Waals surface area contributed by atoms with Crippen LogP contribution in [0.25, 0.3) is 0 Å². The molecule has 0 spiro atoms. The average Bonchev–Trinajstić information content (AvgIpc) is 3.13. The van der Waals surface area contributed by atoms with Crippen LogP contribution in [0.5, 0.6) is 5.75 Å². The second-order valence-electron chi connectivity index (χ2n) is 7.55. The molecule has 1 amide bonds. The van der Waals surface area contributed by atoms with E-state index in [-0.39, 0.29) is 5.91 Å². The number of nitrogens with one attached hydrogen (secondary N) is 2. The van der Waals surface area contributed by atoms with E-state index in [2.05, 4.69) is 29.7 Å². The van der Waals surface area contributed by atoms with Crippen molar-refractivity contribution in [2.45, 2.75) is 51.6 Å². The molecular weight excluding hydrogens is 316 g/mol. The van der Waals surface area contributed by atoms with Crippen molar-refractivity contribution >= 4 is 5.91 Å². The highest BCUT2D eigenvalue weighted by Gasteiger charge is 2.34. The summed E-state index contributed by atoms with van der Waals surface area (Å²) >= 11 is 0. The molecule has 2 unspecified atom stereocenters. The zero-order valence-electron chi connectivity index (χ0n) is 15.4. The lowest BCUT2D eigenvalue weighted by Crippen LogP contribution is -2.56. The van der Waals surface area contributed by atoms with Crippen LogP contribution >= 0.6 is 0 Å².